The van der Waals surface area contributed by atoms with Crippen LogP contribution < -0.4 is 0 Å². The molecule has 2 unspecified atom stereocenters. The summed E-state index contributed by atoms with van der Waals surface area (Å²) in [6.45, 7) is 11.8. The Morgan fingerprint density at radius 1 is 1.30 bits per heavy atom. The molecule has 0 aromatic heterocycles. The summed E-state index contributed by atoms with van der Waals surface area (Å²) in [7, 11) is 0. The normalized spacial score (nSPS) is 21.4. The van der Waals surface area contributed by atoms with Gasteiger partial charge < -0.3 is 9.84 Å². The van der Waals surface area contributed by atoms with Crippen molar-refractivity contribution in [3.8, 4) is 0 Å². The Morgan fingerprint density at radius 2 is 1.95 bits per heavy atom. The van der Waals surface area contributed by atoms with E-state index in [0.29, 0.717) is 0 Å². The van der Waals surface area contributed by atoms with Crippen LogP contribution in [0.4, 0.5) is 0 Å². The lowest BCUT2D eigenvalue weighted by Gasteiger charge is -2.46. The van der Waals surface area contributed by atoms with Crippen molar-refractivity contribution >= 4 is 0 Å². The molecule has 112 valence electrons. The lowest BCUT2D eigenvalue weighted by atomic mass is 9.82. The minimum Gasteiger partial charge on any atom is -0.386 e. The van der Waals surface area contributed by atoms with Crippen LogP contribution in [-0.2, 0) is 4.74 Å². The smallest absolute Gasteiger partial charge is 0.0973 e. The molecule has 1 aliphatic heterocycles. The molecule has 3 heteroatoms. The van der Waals surface area contributed by atoms with Crippen LogP contribution in [0.15, 0.2) is 18.2 Å². The van der Waals surface area contributed by atoms with Gasteiger partial charge in [0.25, 0.3) is 0 Å². The van der Waals surface area contributed by atoms with E-state index >= 15 is 0 Å². The number of aliphatic hydroxyl groups is 1. The number of aliphatic hydroxyl groups excluding tert-OH is 1. The van der Waals surface area contributed by atoms with Crippen LogP contribution in [-0.4, -0.2) is 41.8 Å². The second-order valence-electron chi connectivity index (χ2n) is 6.00. The van der Waals surface area contributed by atoms with Crippen molar-refractivity contribution in [3.63, 3.8) is 0 Å². The molecule has 1 aromatic rings. The summed E-state index contributed by atoms with van der Waals surface area (Å²) in [4.78, 5) is 2.38. The van der Waals surface area contributed by atoms with Crippen molar-refractivity contribution in [3.05, 3.63) is 34.9 Å². The van der Waals surface area contributed by atoms with Gasteiger partial charge in [0.15, 0.2) is 0 Å². The van der Waals surface area contributed by atoms with Crippen molar-refractivity contribution < 1.29 is 9.84 Å². The van der Waals surface area contributed by atoms with Crippen LogP contribution in [0.25, 0.3) is 0 Å². The van der Waals surface area contributed by atoms with Gasteiger partial charge in [0.1, 0.15) is 0 Å². The molecule has 0 radical (unpaired) electrons. The monoisotopic (exact) mass is 277 g/mol. The molecular formula is C17H27NO2. The highest BCUT2D eigenvalue weighted by Gasteiger charge is 2.39. The molecule has 1 aliphatic rings. The SMILES string of the molecule is CCC(C)(C(O)c1cccc(C)c1C)N1CCOCC1. The van der Waals surface area contributed by atoms with E-state index in [4.69, 9.17) is 4.74 Å². The van der Waals surface area contributed by atoms with Crippen LogP contribution >= 0.6 is 0 Å². The van der Waals surface area contributed by atoms with Gasteiger partial charge >= 0.3 is 0 Å². The molecule has 1 fully saturated rings. The predicted octanol–water partition coefficient (Wildman–Crippen LogP) is 2.84. The average Bonchev–Trinajstić information content (AvgIpc) is 2.49. The predicted molar refractivity (Wildman–Crippen MR) is 82.0 cm³/mol. The van der Waals surface area contributed by atoms with Gasteiger partial charge in [-0.3, -0.25) is 4.90 Å². The first-order valence-corrected chi connectivity index (χ1v) is 7.57. The topological polar surface area (TPSA) is 32.7 Å². The number of hydrogen-bond acceptors (Lipinski definition) is 3. The van der Waals surface area contributed by atoms with E-state index in [1.165, 1.54) is 11.1 Å². The number of rotatable bonds is 4. The van der Waals surface area contributed by atoms with Crippen molar-refractivity contribution in [1.29, 1.82) is 0 Å². The van der Waals surface area contributed by atoms with Crippen molar-refractivity contribution in [2.24, 2.45) is 0 Å². The minimum atomic E-state index is -0.467. The van der Waals surface area contributed by atoms with Crippen LogP contribution in [0.1, 0.15) is 43.1 Å². The van der Waals surface area contributed by atoms with E-state index in [-0.39, 0.29) is 5.54 Å². The highest BCUT2D eigenvalue weighted by Crippen LogP contribution is 2.36. The number of ether oxygens (including phenoxy) is 1. The Hall–Kier alpha value is -0.900. The lowest BCUT2D eigenvalue weighted by molar-refractivity contribution is -0.0736. The third kappa shape index (κ3) is 2.76. The van der Waals surface area contributed by atoms with Crippen LogP contribution in [0, 0.1) is 13.8 Å². The Balaban J connectivity index is 2.32. The molecule has 2 rings (SSSR count). The van der Waals surface area contributed by atoms with Gasteiger partial charge in [-0.2, -0.15) is 0 Å². The molecule has 20 heavy (non-hydrogen) atoms. The van der Waals surface area contributed by atoms with Crippen LogP contribution in [0.5, 0.6) is 0 Å². The molecule has 1 saturated heterocycles. The number of hydrogen-bond donors (Lipinski definition) is 1. The lowest BCUT2D eigenvalue weighted by Crippen LogP contribution is -2.54. The molecule has 0 amide bonds. The van der Waals surface area contributed by atoms with Crippen molar-refractivity contribution in [2.45, 2.75) is 45.8 Å². The standard InChI is InChI=1S/C17H27NO2/c1-5-17(4,18-9-11-20-12-10-18)16(19)15-8-6-7-13(2)14(15)3/h6-8,16,19H,5,9-12H2,1-4H3. The average molecular weight is 277 g/mol. The summed E-state index contributed by atoms with van der Waals surface area (Å²) in [5, 5.41) is 11.0. The molecule has 2 atom stereocenters. The number of morpholine rings is 1. The quantitative estimate of drug-likeness (QED) is 0.918. The van der Waals surface area contributed by atoms with Gasteiger partial charge in [0.2, 0.25) is 0 Å². The Labute approximate surface area is 122 Å². The Kier molecular flexibility index (Phi) is 4.84. The van der Waals surface area contributed by atoms with Crippen molar-refractivity contribution in [1.82, 2.24) is 4.90 Å². The van der Waals surface area contributed by atoms with Crippen LogP contribution in [0.2, 0.25) is 0 Å². The largest absolute Gasteiger partial charge is 0.386 e. The van der Waals surface area contributed by atoms with E-state index in [1.54, 1.807) is 0 Å². The number of aryl methyl sites for hydroxylation is 1. The zero-order valence-corrected chi connectivity index (χ0v) is 13.1. The fraction of sp³-hybridized carbons (Fsp3) is 0.647. The first-order valence-electron chi connectivity index (χ1n) is 7.57. The fourth-order valence-corrected chi connectivity index (χ4v) is 3.07. The maximum absolute atomic E-state index is 11.0. The molecule has 0 saturated carbocycles. The van der Waals surface area contributed by atoms with E-state index < -0.39 is 6.10 Å². The highest BCUT2D eigenvalue weighted by atomic mass is 16.5. The molecular weight excluding hydrogens is 250 g/mol. The first kappa shape index (κ1) is 15.5. The van der Waals surface area contributed by atoms with Gasteiger partial charge in [-0.15, -0.1) is 0 Å². The van der Waals surface area contributed by atoms with Gasteiger partial charge in [-0.05, 0) is 43.9 Å². The van der Waals surface area contributed by atoms with Gasteiger partial charge in [-0.25, -0.2) is 0 Å². The number of nitrogens with zero attached hydrogens (tertiary/aromatic N) is 1. The van der Waals surface area contributed by atoms with Gasteiger partial charge in [0.05, 0.1) is 19.3 Å². The van der Waals surface area contributed by atoms with E-state index in [9.17, 15) is 5.11 Å². The summed E-state index contributed by atoms with van der Waals surface area (Å²) in [5.74, 6) is 0. The summed E-state index contributed by atoms with van der Waals surface area (Å²) in [6, 6.07) is 6.20. The molecule has 0 spiro atoms. The zero-order chi connectivity index (χ0) is 14.8. The highest BCUT2D eigenvalue weighted by molar-refractivity contribution is 5.36. The molecule has 1 N–H and O–H groups in total. The molecule has 1 aromatic carbocycles. The minimum absolute atomic E-state index is 0.234. The maximum Gasteiger partial charge on any atom is 0.0973 e. The van der Waals surface area contributed by atoms with Gasteiger partial charge in [-0.1, -0.05) is 25.1 Å². The summed E-state index contributed by atoms with van der Waals surface area (Å²) >= 11 is 0. The molecule has 1 heterocycles. The third-order valence-electron chi connectivity index (χ3n) is 4.98. The molecule has 3 nitrogen and oxygen atoms in total. The molecule has 0 bridgehead atoms. The summed E-state index contributed by atoms with van der Waals surface area (Å²) in [6.07, 6.45) is 0.451. The van der Waals surface area contributed by atoms with Crippen LogP contribution in [0.3, 0.4) is 0 Å². The Morgan fingerprint density at radius 3 is 2.55 bits per heavy atom. The molecule has 0 aliphatic carbocycles. The first-order chi connectivity index (χ1) is 9.50. The summed E-state index contributed by atoms with van der Waals surface area (Å²) < 4.78 is 5.44. The van der Waals surface area contributed by atoms with E-state index in [0.717, 1.165) is 38.3 Å². The number of benzene rings is 1. The van der Waals surface area contributed by atoms with E-state index in [2.05, 4.69) is 44.7 Å². The maximum atomic E-state index is 11.0. The van der Waals surface area contributed by atoms with Crippen molar-refractivity contribution in [2.75, 3.05) is 26.3 Å². The zero-order valence-electron chi connectivity index (χ0n) is 13.1. The second-order valence-corrected chi connectivity index (χ2v) is 6.00. The third-order valence-corrected chi connectivity index (χ3v) is 4.98. The Bertz CT molecular complexity index is 454. The second kappa shape index (κ2) is 6.25. The fourth-order valence-electron chi connectivity index (χ4n) is 3.07. The van der Waals surface area contributed by atoms with E-state index in [1.807, 2.05) is 6.07 Å². The van der Waals surface area contributed by atoms with Gasteiger partial charge in [0, 0.05) is 18.6 Å². The summed E-state index contributed by atoms with van der Waals surface area (Å²) in [5.41, 5.74) is 3.26.